The van der Waals surface area contributed by atoms with Crippen molar-refractivity contribution in [3.05, 3.63) is 0 Å². The molecule has 0 aromatic carbocycles. The van der Waals surface area contributed by atoms with E-state index in [0.717, 1.165) is 6.42 Å². The van der Waals surface area contributed by atoms with Crippen LogP contribution in [0.2, 0.25) is 0 Å². The molecule has 0 radical (unpaired) electrons. The van der Waals surface area contributed by atoms with Gasteiger partial charge in [0, 0.05) is 6.54 Å². The van der Waals surface area contributed by atoms with Crippen molar-refractivity contribution < 1.29 is 14.3 Å². The predicted molar refractivity (Wildman–Crippen MR) is 52.0 cm³/mol. The molecule has 0 saturated carbocycles. The number of hydrogen-bond acceptors (Lipinski definition) is 2. The minimum atomic E-state index is -1.12. The van der Waals surface area contributed by atoms with Crippen LogP contribution in [0.4, 0.5) is 4.39 Å². The third kappa shape index (κ3) is 2.94. The van der Waals surface area contributed by atoms with Crippen LogP contribution in [-0.4, -0.2) is 40.8 Å². The van der Waals surface area contributed by atoms with Gasteiger partial charge in [-0.3, -0.25) is 9.69 Å². The molecule has 0 aromatic heterocycles. The molecule has 1 aliphatic heterocycles. The lowest BCUT2D eigenvalue weighted by Gasteiger charge is -2.24. The number of nitrogens with zero attached hydrogens (tertiary/aromatic N) is 1. The smallest absolute Gasteiger partial charge is 0.320 e. The van der Waals surface area contributed by atoms with Crippen LogP contribution in [0.3, 0.4) is 0 Å². The third-order valence-electron chi connectivity index (χ3n) is 2.97. The van der Waals surface area contributed by atoms with E-state index < -0.39 is 17.7 Å². The molecule has 1 heterocycles. The van der Waals surface area contributed by atoms with Crippen LogP contribution >= 0.6 is 0 Å². The fourth-order valence-corrected chi connectivity index (χ4v) is 1.81. The van der Waals surface area contributed by atoms with Gasteiger partial charge in [0.2, 0.25) is 0 Å². The van der Waals surface area contributed by atoms with Gasteiger partial charge in [-0.1, -0.05) is 0 Å². The Labute approximate surface area is 83.9 Å². The topological polar surface area (TPSA) is 40.5 Å². The van der Waals surface area contributed by atoms with Crippen LogP contribution in [0.5, 0.6) is 0 Å². The SMILES string of the molecule is CC(C(=O)O)N1CCCC(C)(F)CC1. The average Bonchev–Trinajstić information content (AvgIpc) is 2.25. The zero-order valence-electron chi connectivity index (χ0n) is 8.79. The minimum absolute atomic E-state index is 0.435. The summed E-state index contributed by atoms with van der Waals surface area (Å²) in [6.45, 7) is 4.48. The largest absolute Gasteiger partial charge is 0.480 e. The van der Waals surface area contributed by atoms with Gasteiger partial charge in [0.25, 0.3) is 0 Å². The molecule has 2 unspecified atom stereocenters. The monoisotopic (exact) mass is 203 g/mol. The maximum absolute atomic E-state index is 13.6. The number of rotatable bonds is 2. The van der Waals surface area contributed by atoms with E-state index in [0.29, 0.717) is 25.9 Å². The normalized spacial score (nSPS) is 32.2. The Bertz CT molecular complexity index is 218. The number of halogens is 1. The highest BCUT2D eigenvalue weighted by atomic mass is 19.1. The lowest BCUT2D eigenvalue weighted by Crippen LogP contribution is -2.39. The van der Waals surface area contributed by atoms with E-state index in [1.807, 2.05) is 4.90 Å². The summed E-state index contributed by atoms with van der Waals surface area (Å²) in [6.07, 6.45) is 1.71. The van der Waals surface area contributed by atoms with Gasteiger partial charge in [-0.05, 0) is 39.7 Å². The van der Waals surface area contributed by atoms with E-state index in [2.05, 4.69) is 0 Å². The second-order valence-electron chi connectivity index (χ2n) is 4.32. The van der Waals surface area contributed by atoms with Crippen LogP contribution in [-0.2, 0) is 4.79 Å². The van der Waals surface area contributed by atoms with Crippen LogP contribution in [0.1, 0.15) is 33.1 Å². The first kappa shape index (κ1) is 11.4. The predicted octanol–water partition coefficient (Wildman–Crippen LogP) is 1.67. The quantitative estimate of drug-likeness (QED) is 0.742. The Morgan fingerprint density at radius 2 is 2.14 bits per heavy atom. The average molecular weight is 203 g/mol. The van der Waals surface area contributed by atoms with Crippen molar-refractivity contribution in [3.8, 4) is 0 Å². The highest BCUT2D eigenvalue weighted by Gasteiger charge is 2.30. The lowest BCUT2D eigenvalue weighted by molar-refractivity contribution is -0.142. The molecule has 1 saturated heterocycles. The van der Waals surface area contributed by atoms with E-state index in [-0.39, 0.29) is 0 Å². The van der Waals surface area contributed by atoms with Crippen molar-refractivity contribution in [2.45, 2.75) is 44.8 Å². The van der Waals surface area contributed by atoms with E-state index in [1.165, 1.54) is 0 Å². The first-order valence-corrected chi connectivity index (χ1v) is 5.08. The van der Waals surface area contributed by atoms with Crippen LogP contribution in [0, 0.1) is 0 Å². The molecule has 1 fully saturated rings. The first-order chi connectivity index (χ1) is 6.42. The van der Waals surface area contributed by atoms with E-state index in [9.17, 15) is 9.18 Å². The number of carboxylic acid groups (broad SMARTS) is 1. The summed E-state index contributed by atoms with van der Waals surface area (Å²) in [5, 5.41) is 8.82. The number of aliphatic carboxylic acids is 1. The summed E-state index contributed by atoms with van der Waals surface area (Å²) >= 11 is 0. The van der Waals surface area contributed by atoms with E-state index in [1.54, 1.807) is 13.8 Å². The maximum atomic E-state index is 13.6. The van der Waals surface area contributed by atoms with Crippen molar-refractivity contribution >= 4 is 5.97 Å². The second kappa shape index (κ2) is 4.26. The molecule has 1 aliphatic rings. The van der Waals surface area contributed by atoms with Crippen molar-refractivity contribution in [3.63, 3.8) is 0 Å². The Hall–Kier alpha value is -0.640. The molecule has 14 heavy (non-hydrogen) atoms. The van der Waals surface area contributed by atoms with Gasteiger partial charge in [0.1, 0.15) is 11.7 Å². The van der Waals surface area contributed by atoms with Crippen molar-refractivity contribution in [2.75, 3.05) is 13.1 Å². The fraction of sp³-hybridized carbons (Fsp3) is 0.900. The Kier molecular flexibility index (Phi) is 3.48. The minimum Gasteiger partial charge on any atom is -0.480 e. The van der Waals surface area contributed by atoms with E-state index in [4.69, 9.17) is 5.11 Å². The fourth-order valence-electron chi connectivity index (χ4n) is 1.81. The zero-order valence-corrected chi connectivity index (χ0v) is 8.79. The summed E-state index contributed by atoms with van der Waals surface area (Å²) < 4.78 is 13.6. The summed E-state index contributed by atoms with van der Waals surface area (Å²) in [5.41, 5.74) is -1.12. The molecule has 0 aromatic rings. The van der Waals surface area contributed by atoms with Gasteiger partial charge in [-0.2, -0.15) is 0 Å². The summed E-state index contributed by atoms with van der Waals surface area (Å²) in [4.78, 5) is 12.6. The molecular formula is C10H18FNO2. The number of hydrogen-bond donors (Lipinski definition) is 1. The van der Waals surface area contributed by atoms with Crippen molar-refractivity contribution in [2.24, 2.45) is 0 Å². The van der Waals surface area contributed by atoms with Gasteiger partial charge in [0.05, 0.1) is 0 Å². The highest BCUT2D eigenvalue weighted by molar-refractivity contribution is 5.72. The highest BCUT2D eigenvalue weighted by Crippen LogP contribution is 2.26. The molecule has 0 aliphatic carbocycles. The molecule has 3 nitrogen and oxygen atoms in total. The molecular weight excluding hydrogens is 185 g/mol. The van der Waals surface area contributed by atoms with Gasteiger partial charge in [-0.25, -0.2) is 4.39 Å². The Morgan fingerprint density at radius 1 is 1.50 bits per heavy atom. The van der Waals surface area contributed by atoms with Gasteiger partial charge >= 0.3 is 5.97 Å². The number of likely N-dealkylation sites (tertiary alicyclic amines) is 1. The summed E-state index contributed by atoms with van der Waals surface area (Å²) in [6, 6.07) is -0.496. The Morgan fingerprint density at radius 3 is 2.71 bits per heavy atom. The Balaban J connectivity index is 2.54. The lowest BCUT2D eigenvalue weighted by atomic mass is 10.00. The molecule has 1 rings (SSSR count). The molecule has 0 bridgehead atoms. The number of carbonyl (C=O) groups is 1. The van der Waals surface area contributed by atoms with Crippen molar-refractivity contribution in [1.82, 2.24) is 4.90 Å². The molecule has 2 atom stereocenters. The van der Waals surface area contributed by atoms with Crippen LogP contribution in [0.25, 0.3) is 0 Å². The number of carboxylic acids is 1. The number of alkyl halides is 1. The van der Waals surface area contributed by atoms with E-state index >= 15 is 0 Å². The second-order valence-corrected chi connectivity index (χ2v) is 4.32. The van der Waals surface area contributed by atoms with Crippen LogP contribution in [0.15, 0.2) is 0 Å². The van der Waals surface area contributed by atoms with Gasteiger partial charge < -0.3 is 5.11 Å². The standard InChI is InChI=1S/C10H18FNO2/c1-8(9(13)14)12-6-3-4-10(2,11)5-7-12/h8H,3-7H2,1-2H3,(H,13,14). The molecule has 82 valence electrons. The molecule has 1 N–H and O–H groups in total. The summed E-state index contributed by atoms with van der Waals surface area (Å²) in [5.74, 6) is -0.826. The zero-order chi connectivity index (χ0) is 10.8. The first-order valence-electron chi connectivity index (χ1n) is 5.08. The molecule has 0 spiro atoms. The van der Waals surface area contributed by atoms with Gasteiger partial charge in [0.15, 0.2) is 0 Å². The maximum Gasteiger partial charge on any atom is 0.320 e. The third-order valence-corrected chi connectivity index (χ3v) is 2.97. The summed E-state index contributed by atoms with van der Waals surface area (Å²) in [7, 11) is 0. The van der Waals surface area contributed by atoms with Gasteiger partial charge in [-0.15, -0.1) is 0 Å². The molecule has 4 heteroatoms. The van der Waals surface area contributed by atoms with Crippen molar-refractivity contribution in [1.29, 1.82) is 0 Å². The molecule has 0 amide bonds. The van der Waals surface area contributed by atoms with Crippen LogP contribution < -0.4 is 0 Å².